The zero-order valence-corrected chi connectivity index (χ0v) is 11.0. The molecule has 0 saturated carbocycles. The summed E-state index contributed by atoms with van der Waals surface area (Å²) in [7, 11) is 0. The second kappa shape index (κ2) is 6.44. The van der Waals surface area contributed by atoms with Gasteiger partial charge in [-0.1, -0.05) is 48.0 Å². The molecule has 0 amide bonds. The topological polar surface area (TPSA) is 12.0 Å². The van der Waals surface area contributed by atoms with Gasteiger partial charge in [0.2, 0.25) is 0 Å². The van der Waals surface area contributed by atoms with Crippen LogP contribution in [0.4, 0.5) is 0 Å². The molecule has 1 heteroatoms. The van der Waals surface area contributed by atoms with Gasteiger partial charge in [-0.05, 0) is 30.7 Å². The van der Waals surface area contributed by atoms with E-state index in [2.05, 4.69) is 46.9 Å². The Morgan fingerprint density at radius 1 is 1.07 bits per heavy atom. The molecule has 0 heterocycles. The molecule has 14 heavy (non-hydrogen) atoms. The van der Waals surface area contributed by atoms with Crippen LogP contribution in [0.1, 0.15) is 60.8 Å². The fourth-order valence-corrected chi connectivity index (χ4v) is 1.52. The van der Waals surface area contributed by atoms with E-state index in [1.165, 1.54) is 25.8 Å². The minimum absolute atomic E-state index is 0.505. The lowest BCUT2D eigenvalue weighted by Gasteiger charge is -2.20. The lowest BCUT2D eigenvalue weighted by molar-refractivity contribution is 0.337. The van der Waals surface area contributed by atoms with E-state index < -0.39 is 0 Å². The number of hydrogen-bond acceptors (Lipinski definition) is 1. The molecule has 0 fully saturated rings. The van der Waals surface area contributed by atoms with Crippen LogP contribution in [-0.4, -0.2) is 12.6 Å². The predicted molar refractivity (Wildman–Crippen MR) is 65.6 cm³/mol. The Kier molecular flexibility index (Phi) is 6.43. The first-order chi connectivity index (χ1) is 6.31. The summed E-state index contributed by atoms with van der Waals surface area (Å²) in [6.45, 7) is 14.9. The van der Waals surface area contributed by atoms with E-state index in [9.17, 15) is 0 Å². The largest absolute Gasteiger partial charge is 0.314 e. The maximum Gasteiger partial charge on any atom is 0.00104 e. The van der Waals surface area contributed by atoms with E-state index in [4.69, 9.17) is 0 Å². The summed E-state index contributed by atoms with van der Waals surface area (Å²) in [5.41, 5.74) is 0.505. The number of hydrogen-bond donors (Lipinski definition) is 1. The zero-order chi connectivity index (χ0) is 11.2. The van der Waals surface area contributed by atoms with Crippen molar-refractivity contribution in [1.82, 2.24) is 5.32 Å². The maximum absolute atomic E-state index is 3.49. The van der Waals surface area contributed by atoms with Crippen LogP contribution in [0, 0.1) is 11.3 Å². The van der Waals surface area contributed by atoms with Crippen LogP contribution in [0.2, 0.25) is 0 Å². The maximum atomic E-state index is 3.49. The monoisotopic (exact) mass is 199 g/mol. The molecule has 86 valence electrons. The highest BCUT2D eigenvalue weighted by atomic mass is 14.9. The van der Waals surface area contributed by atoms with Gasteiger partial charge >= 0.3 is 0 Å². The summed E-state index contributed by atoms with van der Waals surface area (Å²) in [5, 5.41) is 3.49. The molecule has 0 aliphatic heterocycles. The van der Waals surface area contributed by atoms with E-state index in [1.807, 2.05) is 0 Å². The van der Waals surface area contributed by atoms with Gasteiger partial charge in [-0.25, -0.2) is 0 Å². The van der Waals surface area contributed by atoms with E-state index >= 15 is 0 Å². The Morgan fingerprint density at radius 3 is 2.07 bits per heavy atom. The van der Waals surface area contributed by atoms with Crippen LogP contribution in [-0.2, 0) is 0 Å². The molecular formula is C13H29N. The van der Waals surface area contributed by atoms with Crippen molar-refractivity contribution in [2.45, 2.75) is 66.8 Å². The first kappa shape index (κ1) is 14.0. The Hall–Kier alpha value is -0.0400. The van der Waals surface area contributed by atoms with Crippen LogP contribution in [0.25, 0.3) is 0 Å². The van der Waals surface area contributed by atoms with E-state index in [1.54, 1.807) is 0 Å². The molecule has 0 spiro atoms. The highest BCUT2D eigenvalue weighted by molar-refractivity contribution is 4.64. The molecule has 0 aromatic rings. The molecule has 0 radical (unpaired) electrons. The van der Waals surface area contributed by atoms with Crippen LogP contribution in [0.3, 0.4) is 0 Å². The molecule has 1 N–H and O–H groups in total. The Morgan fingerprint density at radius 2 is 1.64 bits per heavy atom. The van der Waals surface area contributed by atoms with Gasteiger partial charge in [-0.15, -0.1) is 0 Å². The molecule has 1 unspecified atom stereocenters. The molecular weight excluding hydrogens is 170 g/mol. The summed E-state index contributed by atoms with van der Waals surface area (Å²) < 4.78 is 0. The lowest BCUT2D eigenvalue weighted by Crippen LogP contribution is -2.27. The molecule has 0 aliphatic carbocycles. The van der Waals surface area contributed by atoms with E-state index in [-0.39, 0.29) is 0 Å². The van der Waals surface area contributed by atoms with Gasteiger partial charge in [0, 0.05) is 6.04 Å². The van der Waals surface area contributed by atoms with Crippen molar-refractivity contribution in [2.75, 3.05) is 6.54 Å². The van der Waals surface area contributed by atoms with E-state index in [0.29, 0.717) is 11.5 Å². The Balaban J connectivity index is 3.40. The van der Waals surface area contributed by atoms with Crippen LogP contribution in [0.5, 0.6) is 0 Å². The summed E-state index contributed by atoms with van der Waals surface area (Å²) in [6.07, 6.45) is 4.07. The van der Waals surface area contributed by atoms with Crippen molar-refractivity contribution >= 4 is 0 Å². The highest BCUT2D eigenvalue weighted by Gasteiger charge is 2.10. The van der Waals surface area contributed by atoms with Crippen molar-refractivity contribution in [1.29, 1.82) is 0 Å². The second-order valence-electron chi connectivity index (χ2n) is 6.12. The fourth-order valence-electron chi connectivity index (χ4n) is 1.52. The van der Waals surface area contributed by atoms with Gasteiger partial charge in [-0.2, -0.15) is 0 Å². The predicted octanol–water partition coefficient (Wildman–Crippen LogP) is 3.84. The summed E-state index contributed by atoms with van der Waals surface area (Å²) in [5.74, 6) is 0.819. The average Bonchev–Trinajstić information content (AvgIpc) is 1.98. The summed E-state index contributed by atoms with van der Waals surface area (Å²) >= 11 is 0. The van der Waals surface area contributed by atoms with Crippen LogP contribution < -0.4 is 5.32 Å². The molecule has 0 bridgehead atoms. The quantitative estimate of drug-likeness (QED) is 0.685. The fraction of sp³-hybridized carbons (Fsp3) is 1.00. The van der Waals surface area contributed by atoms with Gasteiger partial charge < -0.3 is 5.32 Å². The number of nitrogens with one attached hydrogen (secondary N) is 1. The van der Waals surface area contributed by atoms with Gasteiger partial charge in [0.05, 0.1) is 0 Å². The smallest absolute Gasteiger partial charge is 0.00104 e. The van der Waals surface area contributed by atoms with Crippen molar-refractivity contribution in [2.24, 2.45) is 11.3 Å². The Bertz CT molecular complexity index is 133. The summed E-state index contributed by atoms with van der Waals surface area (Å²) in [6, 6.07) is 0.625. The molecule has 1 atom stereocenters. The molecule has 0 saturated heterocycles. The minimum Gasteiger partial charge on any atom is -0.314 e. The van der Waals surface area contributed by atoms with Gasteiger partial charge in [0.1, 0.15) is 0 Å². The number of rotatable bonds is 6. The second-order valence-corrected chi connectivity index (χ2v) is 6.12. The first-order valence-electron chi connectivity index (χ1n) is 6.04. The third-order valence-corrected chi connectivity index (χ3v) is 2.50. The SMILES string of the molecule is CC(CCCC(C)(C)C)CNC(C)C. The van der Waals surface area contributed by atoms with Crippen molar-refractivity contribution in [3.8, 4) is 0 Å². The summed E-state index contributed by atoms with van der Waals surface area (Å²) in [4.78, 5) is 0. The van der Waals surface area contributed by atoms with Crippen molar-refractivity contribution < 1.29 is 0 Å². The highest BCUT2D eigenvalue weighted by Crippen LogP contribution is 2.22. The zero-order valence-electron chi connectivity index (χ0n) is 11.0. The molecule has 1 nitrogen and oxygen atoms in total. The molecule has 0 aromatic carbocycles. The molecule has 0 rings (SSSR count). The van der Waals surface area contributed by atoms with Crippen molar-refractivity contribution in [3.05, 3.63) is 0 Å². The van der Waals surface area contributed by atoms with Gasteiger partial charge in [0.25, 0.3) is 0 Å². The average molecular weight is 199 g/mol. The molecule has 0 aliphatic rings. The van der Waals surface area contributed by atoms with Gasteiger partial charge in [-0.3, -0.25) is 0 Å². The normalized spacial score (nSPS) is 14.8. The third-order valence-electron chi connectivity index (χ3n) is 2.50. The molecule has 0 aromatic heterocycles. The van der Waals surface area contributed by atoms with Crippen molar-refractivity contribution in [3.63, 3.8) is 0 Å². The third kappa shape index (κ3) is 10.0. The Labute approximate surface area is 90.7 Å². The van der Waals surface area contributed by atoms with E-state index in [0.717, 1.165) is 5.92 Å². The standard InChI is InChI=1S/C13H29N/c1-11(2)14-10-12(3)8-7-9-13(4,5)6/h11-12,14H,7-10H2,1-6H3. The first-order valence-corrected chi connectivity index (χ1v) is 6.04. The van der Waals surface area contributed by atoms with Crippen LogP contribution >= 0.6 is 0 Å². The van der Waals surface area contributed by atoms with Crippen LogP contribution in [0.15, 0.2) is 0 Å². The van der Waals surface area contributed by atoms with Gasteiger partial charge in [0.15, 0.2) is 0 Å². The minimum atomic E-state index is 0.505. The lowest BCUT2D eigenvalue weighted by atomic mass is 9.88.